The lowest BCUT2D eigenvalue weighted by molar-refractivity contribution is -0.116. The summed E-state index contributed by atoms with van der Waals surface area (Å²) in [5.74, 6) is -0.517. The number of amides is 2. The first-order valence-electron chi connectivity index (χ1n) is 12.2. The summed E-state index contributed by atoms with van der Waals surface area (Å²) in [6.07, 6.45) is -0.664. The lowest BCUT2D eigenvalue weighted by Crippen LogP contribution is -2.35. The molecule has 0 atom stereocenters. The molecule has 0 bridgehead atoms. The number of likely N-dealkylation sites (N-methyl/N-ethyl adjacent to an activating group) is 1. The van der Waals surface area contributed by atoms with Crippen LogP contribution < -0.4 is 9.62 Å². The Bertz CT molecular complexity index is 1570. The summed E-state index contributed by atoms with van der Waals surface area (Å²) in [7, 11) is -2.64. The predicted molar refractivity (Wildman–Crippen MR) is 153 cm³/mol. The molecule has 8 nitrogen and oxygen atoms in total. The number of nitrogens with one attached hydrogen (secondary N) is 1. The molecule has 0 aliphatic rings. The highest BCUT2D eigenvalue weighted by Gasteiger charge is 2.26. The van der Waals surface area contributed by atoms with Crippen LogP contribution in [0.15, 0.2) is 102 Å². The number of halogens is 1. The molecule has 4 aromatic rings. The smallest absolute Gasteiger partial charge is 0.410 e. The maximum Gasteiger partial charge on any atom is 0.410 e. The van der Waals surface area contributed by atoms with E-state index in [1.165, 1.54) is 29.6 Å². The van der Waals surface area contributed by atoms with Crippen molar-refractivity contribution >= 4 is 45.0 Å². The number of anilines is 2. The molecule has 1 N–H and O–H groups in total. The zero-order valence-electron chi connectivity index (χ0n) is 21.6. The van der Waals surface area contributed by atoms with Crippen LogP contribution in [0.4, 0.5) is 16.2 Å². The van der Waals surface area contributed by atoms with E-state index in [-0.39, 0.29) is 30.3 Å². The molecule has 4 aromatic carbocycles. The molecule has 0 saturated carbocycles. The second-order valence-electron chi connectivity index (χ2n) is 8.81. The van der Waals surface area contributed by atoms with Crippen LogP contribution in [0.2, 0.25) is 5.02 Å². The molecule has 204 valence electrons. The SMILES string of the molecule is CN(CC(=O)Nc1cccc(S(=O)(=O)N(Cc2cc#ccc2)c2cccc(Cl)c2)c1)C(=O)OCc1ccccc1. The second-order valence-corrected chi connectivity index (χ2v) is 11.1. The average molecular weight is 576 g/mol. The fraction of sp³-hybridized carbons (Fsp3) is 0.133. The number of rotatable bonds is 10. The molecule has 0 unspecified atom stereocenters. The van der Waals surface area contributed by atoms with Crippen molar-refractivity contribution in [3.05, 3.63) is 125 Å². The van der Waals surface area contributed by atoms with Gasteiger partial charge in [0.25, 0.3) is 10.0 Å². The maximum absolute atomic E-state index is 13.8. The van der Waals surface area contributed by atoms with Crippen LogP contribution in [0.1, 0.15) is 11.1 Å². The molecule has 0 aromatic heterocycles. The monoisotopic (exact) mass is 575 g/mol. The number of ether oxygens (including phenoxy) is 1. The van der Waals surface area contributed by atoms with Gasteiger partial charge < -0.3 is 15.0 Å². The highest BCUT2D eigenvalue weighted by atomic mass is 35.5. The molecule has 0 heterocycles. The first kappa shape index (κ1) is 28.5. The van der Waals surface area contributed by atoms with Gasteiger partial charge >= 0.3 is 6.09 Å². The number of carbonyl (C=O) groups is 2. The number of nitrogens with zero attached hydrogens (tertiary/aromatic N) is 2. The Morgan fingerprint density at radius 3 is 2.42 bits per heavy atom. The number of sulfonamides is 1. The van der Waals surface area contributed by atoms with Crippen LogP contribution in [0.25, 0.3) is 0 Å². The van der Waals surface area contributed by atoms with Gasteiger partial charge in [-0.2, -0.15) is 0 Å². The number of hydrogen-bond donors (Lipinski definition) is 1. The van der Waals surface area contributed by atoms with Gasteiger partial charge in [-0.1, -0.05) is 66.2 Å². The molecule has 0 aliphatic heterocycles. The van der Waals surface area contributed by atoms with Crippen molar-refractivity contribution in [3.8, 4) is 0 Å². The summed E-state index contributed by atoms with van der Waals surface area (Å²) in [5, 5.41) is 3.04. The molecule has 0 fully saturated rings. The van der Waals surface area contributed by atoms with Crippen LogP contribution in [-0.2, 0) is 32.7 Å². The summed E-state index contributed by atoms with van der Waals surface area (Å²) in [5.41, 5.74) is 2.16. The van der Waals surface area contributed by atoms with Gasteiger partial charge in [0.15, 0.2) is 0 Å². The van der Waals surface area contributed by atoms with Crippen LogP contribution in [0.5, 0.6) is 0 Å². The summed E-state index contributed by atoms with van der Waals surface area (Å²) in [6.45, 7) is -0.185. The van der Waals surface area contributed by atoms with E-state index in [0.29, 0.717) is 16.3 Å². The fourth-order valence-corrected chi connectivity index (χ4v) is 5.44. The number of carbonyl (C=O) groups excluding carboxylic acids is 2. The Kier molecular flexibility index (Phi) is 9.27. The lowest BCUT2D eigenvalue weighted by Gasteiger charge is -2.25. The van der Waals surface area contributed by atoms with Gasteiger partial charge in [0.05, 0.1) is 17.1 Å². The molecule has 4 rings (SSSR count). The van der Waals surface area contributed by atoms with E-state index in [0.717, 1.165) is 10.5 Å². The minimum absolute atomic E-state index is 0.0281. The van der Waals surface area contributed by atoms with Crippen LogP contribution in [0, 0.1) is 12.1 Å². The van der Waals surface area contributed by atoms with E-state index in [1.54, 1.807) is 48.5 Å². The zero-order valence-corrected chi connectivity index (χ0v) is 23.2. The Morgan fingerprint density at radius 2 is 1.70 bits per heavy atom. The van der Waals surface area contributed by atoms with Crippen molar-refractivity contribution in [1.29, 1.82) is 0 Å². The minimum Gasteiger partial charge on any atom is -0.445 e. The molecule has 0 radical (unpaired) electrons. The Labute approximate surface area is 238 Å². The lowest BCUT2D eigenvalue weighted by atomic mass is 10.2. The Morgan fingerprint density at radius 1 is 0.925 bits per heavy atom. The molecule has 40 heavy (non-hydrogen) atoms. The number of hydrogen-bond acceptors (Lipinski definition) is 5. The molecule has 0 saturated heterocycles. The predicted octanol–water partition coefficient (Wildman–Crippen LogP) is 5.54. The van der Waals surface area contributed by atoms with E-state index < -0.39 is 22.0 Å². The van der Waals surface area contributed by atoms with Crippen molar-refractivity contribution in [2.45, 2.75) is 18.0 Å². The summed E-state index contributed by atoms with van der Waals surface area (Å²) in [6, 6.07) is 32.3. The van der Waals surface area contributed by atoms with E-state index in [4.69, 9.17) is 16.3 Å². The third-order valence-corrected chi connectivity index (χ3v) is 7.75. The molecular formula is C30H26ClN3O5S. The van der Waals surface area contributed by atoms with Crippen LogP contribution in [0.3, 0.4) is 0 Å². The Balaban J connectivity index is 1.47. The normalized spacial score (nSPS) is 10.8. The van der Waals surface area contributed by atoms with Gasteiger partial charge in [0.1, 0.15) is 13.2 Å². The molecule has 2 amide bonds. The average Bonchev–Trinajstić information content (AvgIpc) is 2.95. The second kappa shape index (κ2) is 13.0. The van der Waals surface area contributed by atoms with E-state index in [9.17, 15) is 18.0 Å². The first-order chi connectivity index (χ1) is 19.2. The van der Waals surface area contributed by atoms with E-state index in [2.05, 4.69) is 17.4 Å². The van der Waals surface area contributed by atoms with Gasteiger partial charge in [-0.25, -0.2) is 13.2 Å². The van der Waals surface area contributed by atoms with Gasteiger partial charge in [-0.3, -0.25) is 9.10 Å². The maximum atomic E-state index is 13.8. The van der Waals surface area contributed by atoms with Gasteiger partial charge in [-0.15, -0.1) is 0 Å². The molecule has 10 heteroatoms. The molecule has 0 spiro atoms. The van der Waals surface area contributed by atoms with Crippen molar-refractivity contribution in [2.75, 3.05) is 23.2 Å². The van der Waals surface area contributed by atoms with Crippen LogP contribution >= 0.6 is 11.6 Å². The third-order valence-electron chi connectivity index (χ3n) is 5.75. The minimum atomic E-state index is -4.08. The summed E-state index contributed by atoms with van der Waals surface area (Å²) in [4.78, 5) is 26.1. The summed E-state index contributed by atoms with van der Waals surface area (Å²) < 4.78 is 34.1. The zero-order chi connectivity index (χ0) is 28.5. The highest BCUT2D eigenvalue weighted by molar-refractivity contribution is 7.92. The standard InChI is InChI=1S/C30H26ClN3O5S/c1-33(30(36)39-22-24-12-6-3-7-13-24)21-29(35)32-26-15-9-17-28(19-26)40(37,38)34(20-23-10-4-2-5-11-23)27-16-8-14-25(31)18-27/h3-4,6-19H,20-22H2,1H3,(H,32,35). The van der Waals surface area contributed by atoms with Crippen molar-refractivity contribution in [2.24, 2.45) is 0 Å². The van der Waals surface area contributed by atoms with Gasteiger partial charge in [0, 0.05) is 17.8 Å². The van der Waals surface area contributed by atoms with Crippen molar-refractivity contribution < 1.29 is 22.7 Å². The third kappa shape index (κ3) is 7.53. The van der Waals surface area contributed by atoms with Crippen molar-refractivity contribution in [3.63, 3.8) is 0 Å². The van der Waals surface area contributed by atoms with E-state index >= 15 is 0 Å². The highest BCUT2D eigenvalue weighted by Crippen LogP contribution is 2.29. The number of benzene rings is 3. The molecular weight excluding hydrogens is 550 g/mol. The quantitative estimate of drug-likeness (QED) is 0.268. The summed E-state index contributed by atoms with van der Waals surface area (Å²) >= 11 is 6.17. The topological polar surface area (TPSA) is 96.0 Å². The molecule has 0 aliphatic carbocycles. The van der Waals surface area contributed by atoms with Crippen LogP contribution in [-0.4, -0.2) is 38.9 Å². The Hall–Kier alpha value is -4.52. The fourth-order valence-electron chi connectivity index (χ4n) is 3.76. The first-order valence-corrected chi connectivity index (χ1v) is 14.0. The van der Waals surface area contributed by atoms with Gasteiger partial charge in [0.2, 0.25) is 5.91 Å². The van der Waals surface area contributed by atoms with Gasteiger partial charge in [-0.05, 0) is 65.7 Å². The van der Waals surface area contributed by atoms with Crippen molar-refractivity contribution in [1.82, 2.24) is 4.90 Å². The van der Waals surface area contributed by atoms with E-state index in [1.807, 2.05) is 30.3 Å². The largest absolute Gasteiger partial charge is 0.445 e.